The van der Waals surface area contributed by atoms with Crippen LogP contribution in [0.4, 0.5) is 20.2 Å². The fourth-order valence-electron chi connectivity index (χ4n) is 3.59. The molecule has 6 nitrogen and oxygen atoms in total. The highest BCUT2D eigenvalue weighted by molar-refractivity contribution is 5.99. The Morgan fingerprint density at radius 1 is 1.16 bits per heavy atom. The monoisotopic (exact) mass is 429 g/mol. The summed E-state index contributed by atoms with van der Waals surface area (Å²) in [5.41, 5.74) is 4.24. The Hall–Kier alpha value is -3.42. The van der Waals surface area contributed by atoms with E-state index in [0.717, 1.165) is 19.0 Å². The number of hydrogen-bond donors (Lipinski definition) is 3. The molecule has 164 valence electrons. The normalized spacial score (nSPS) is 11.3. The van der Waals surface area contributed by atoms with Crippen molar-refractivity contribution in [1.82, 2.24) is 4.57 Å². The minimum atomic E-state index is -1.48. The third kappa shape index (κ3) is 4.38. The van der Waals surface area contributed by atoms with E-state index in [0.29, 0.717) is 13.0 Å². The minimum Gasteiger partial charge on any atom is -0.477 e. The predicted molar refractivity (Wildman–Crippen MR) is 118 cm³/mol. The van der Waals surface area contributed by atoms with E-state index in [1.165, 1.54) is 10.1 Å². The van der Waals surface area contributed by atoms with Gasteiger partial charge in [0.05, 0.1) is 16.6 Å². The van der Waals surface area contributed by atoms with Crippen LogP contribution in [0.1, 0.15) is 48.7 Å². The molecule has 0 aliphatic carbocycles. The smallest absolute Gasteiger partial charge is 0.341 e. The molecule has 0 spiro atoms. The Bertz CT molecular complexity index is 1170. The van der Waals surface area contributed by atoms with Crippen molar-refractivity contribution in [2.75, 3.05) is 17.6 Å². The van der Waals surface area contributed by atoms with Gasteiger partial charge in [0.1, 0.15) is 11.3 Å². The van der Waals surface area contributed by atoms with Crippen LogP contribution in [-0.4, -0.2) is 22.2 Å². The Morgan fingerprint density at radius 3 is 2.45 bits per heavy atom. The van der Waals surface area contributed by atoms with Gasteiger partial charge in [0.15, 0.2) is 11.6 Å². The lowest BCUT2D eigenvalue weighted by Gasteiger charge is -2.20. The number of pyridine rings is 1. The first-order valence-corrected chi connectivity index (χ1v) is 10.1. The number of halogens is 2. The number of carboxylic acids is 1. The number of carboxylic acid groups (broad SMARTS) is 1. The minimum absolute atomic E-state index is 0.212. The van der Waals surface area contributed by atoms with E-state index in [-0.39, 0.29) is 11.6 Å². The highest BCUT2D eigenvalue weighted by atomic mass is 19.1. The molecule has 4 N–H and O–H groups in total. The zero-order valence-corrected chi connectivity index (χ0v) is 17.4. The van der Waals surface area contributed by atoms with Gasteiger partial charge in [-0.05, 0) is 38.7 Å². The SMILES string of the molecule is CC(C)n1cc(C(=O)O)c(=O)c2c(N)c(F)c(NCCCCc3ccccc3)c(F)c21. The topological polar surface area (TPSA) is 97.4 Å². The van der Waals surface area contributed by atoms with Gasteiger partial charge >= 0.3 is 5.97 Å². The molecule has 0 radical (unpaired) electrons. The number of carbonyl (C=O) groups is 1. The van der Waals surface area contributed by atoms with Crippen molar-refractivity contribution in [2.45, 2.75) is 39.2 Å². The lowest BCUT2D eigenvalue weighted by Crippen LogP contribution is -2.23. The molecular formula is C23H25F2N3O3. The molecule has 1 heterocycles. The molecule has 0 bridgehead atoms. The van der Waals surface area contributed by atoms with Gasteiger partial charge in [-0.2, -0.15) is 0 Å². The van der Waals surface area contributed by atoms with Crippen molar-refractivity contribution in [3.8, 4) is 0 Å². The zero-order chi connectivity index (χ0) is 22.7. The number of aryl methyl sites for hydroxylation is 1. The first-order chi connectivity index (χ1) is 14.7. The number of anilines is 2. The van der Waals surface area contributed by atoms with Gasteiger partial charge in [-0.15, -0.1) is 0 Å². The lowest BCUT2D eigenvalue weighted by molar-refractivity contribution is 0.0694. The number of fused-ring (bicyclic) bond motifs is 1. The Kier molecular flexibility index (Phi) is 6.58. The van der Waals surface area contributed by atoms with E-state index < -0.39 is 45.4 Å². The molecule has 0 saturated heterocycles. The number of hydrogen-bond acceptors (Lipinski definition) is 4. The molecule has 0 atom stereocenters. The molecule has 0 saturated carbocycles. The maximum absolute atomic E-state index is 15.4. The van der Waals surface area contributed by atoms with E-state index in [2.05, 4.69) is 5.32 Å². The van der Waals surface area contributed by atoms with Gasteiger partial charge in [-0.3, -0.25) is 4.79 Å². The number of unbranched alkanes of at least 4 members (excludes halogenated alkanes) is 1. The maximum Gasteiger partial charge on any atom is 0.341 e. The molecule has 3 rings (SSSR count). The Balaban J connectivity index is 1.94. The van der Waals surface area contributed by atoms with E-state index in [1.54, 1.807) is 13.8 Å². The van der Waals surface area contributed by atoms with Gasteiger partial charge in [-0.25, -0.2) is 13.6 Å². The van der Waals surface area contributed by atoms with E-state index in [4.69, 9.17) is 5.73 Å². The van der Waals surface area contributed by atoms with Gasteiger partial charge in [0.25, 0.3) is 0 Å². The fourth-order valence-corrected chi connectivity index (χ4v) is 3.59. The summed E-state index contributed by atoms with van der Waals surface area (Å²) < 4.78 is 31.5. The van der Waals surface area contributed by atoms with Gasteiger partial charge in [0, 0.05) is 18.8 Å². The van der Waals surface area contributed by atoms with Crippen LogP contribution in [0.25, 0.3) is 10.9 Å². The molecule has 0 amide bonds. The van der Waals surface area contributed by atoms with Crippen molar-refractivity contribution >= 4 is 28.2 Å². The standard InChI is InChI=1S/C23H25F2N3O3/c1-13(2)28-12-15(23(30)31)22(29)16-19(26)17(24)20(18(25)21(16)28)27-11-7-6-10-14-8-4-3-5-9-14/h3-5,8-9,12-13,27H,6-7,10-11,26H2,1-2H3,(H,30,31). The molecule has 3 aromatic rings. The second-order valence-corrected chi connectivity index (χ2v) is 7.69. The third-order valence-electron chi connectivity index (χ3n) is 5.21. The average molecular weight is 429 g/mol. The van der Waals surface area contributed by atoms with Crippen molar-refractivity contribution in [2.24, 2.45) is 0 Å². The predicted octanol–water partition coefficient (Wildman–Crippen LogP) is 4.58. The summed E-state index contributed by atoms with van der Waals surface area (Å²) in [4.78, 5) is 24.0. The number of aromatic carboxylic acids is 1. The summed E-state index contributed by atoms with van der Waals surface area (Å²) in [5.74, 6) is -3.54. The van der Waals surface area contributed by atoms with Crippen LogP contribution in [0.5, 0.6) is 0 Å². The number of nitrogens with one attached hydrogen (secondary N) is 1. The first kappa shape index (κ1) is 22.3. The summed E-state index contributed by atoms with van der Waals surface area (Å²) in [6.07, 6.45) is 3.41. The summed E-state index contributed by atoms with van der Waals surface area (Å²) in [7, 11) is 0. The van der Waals surface area contributed by atoms with Crippen molar-refractivity contribution in [3.63, 3.8) is 0 Å². The number of nitrogens with zero attached hydrogens (tertiary/aromatic N) is 1. The lowest BCUT2D eigenvalue weighted by atomic mass is 10.1. The number of rotatable bonds is 8. The van der Waals surface area contributed by atoms with Crippen LogP contribution in [0.2, 0.25) is 0 Å². The molecule has 0 aliphatic rings. The number of aromatic nitrogens is 1. The molecule has 0 unspecified atom stereocenters. The Morgan fingerprint density at radius 2 is 1.84 bits per heavy atom. The second kappa shape index (κ2) is 9.16. The summed E-state index contributed by atoms with van der Waals surface area (Å²) in [6.45, 7) is 3.71. The molecule has 31 heavy (non-hydrogen) atoms. The molecule has 2 aromatic carbocycles. The van der Waals surface area contributed by atoms with Crippen LogP contribution in [0, 0.1) is 11.6 Å². The number of benzene rings is 2. The summed E-state index contributed by atoms with van der Waals surface area (Å²) >= 11 is 0. The highest BCUT2D eigenvalue weighted by Crippen LogP contribution is 2.34. The van der Waals surface area contributed by atoms with Crippen LogP contribution < -0.4 is 16.5 Å². The van der Waals surface area contributed by atoms with Crippen molar-refractivity contribution in [1.29, 1.82) is 0 Å². The summed E-state index contributed by atoms with van der Waals surface area (Å²) in [6, 6.07) is 9.51. The van der Waals surface area contributed by atoms with Gasteiger partial charge < -0.3 is 20.7 Å². The average Bonchev–Trinajstić information content (AvgIpc) is 2.74. The third-order valence-corrected chi connectivity index (χ3v) is 5.21. The van der Waals surface area contributed by atoms with Crippen molar-refractivity contribution in [3.05, 3.63) is 69.5 Å². The molecular weight excluding hydrogens is 404 g/mol. The van der Waals surface area contributed by atoms with E-state index in [1.807, 2.05) is 30.3 Å². The quantitative estimate of drug-likeness (QED) is 0.360. The largest absolute Gasteiger partial charge is 0.477 e. The number of nitrogen functional groups attached to an aromatic ring is 1. The fraction of sp³-hybridized carbons (Fsp3) is 0.304. The van der Waals surface area contributed by atoms with Crippen LogP contribution in [0.15, 0.2) is 41.3 Å². The molecule has 1 aromatic heterocycles. The molecule has 0 aliphatic heterocycles. The number of nitrogens with two attached hydrogens (primary N) is 1. The Labute approximate surface area is 178 Å². The summed E-state index contributed by atoms with van der Waals surface area (Å²) in [5, 5.41) is 11.6. The molecule has 0 fully saturated rings. The molecule has 8 heteroatoms. The van der Waals surface area contributed by atoms with Gasteiger partial charge in [0.2, 0.25) is 5.43 Å². The van der Waals surface area contributed by atoms with Crippen LogP contribution >= 0.6 is 0 Å². The van der Waals surface area contributed by atoms with Crippen LogP contribution in [0.3, 0.4) is 0 Å². The van der Waals surface area contributed by atoms with Crippen molar-refractivity contribution < 1.29 is 18.7 Å². The van der Waals surface area contributed by atoms with E-state index >= 15 is 4.39 Å². The maximum atomic E-state index is 15.4. The van der Waals surface area contributed by atoms with E-state index in [9.17, 15) is 19.1 Å². The highest BCUT2D eigenvalue weighted by Gasteiger charge is 2.26. The van der Waals surface area contributed by atoms with Crippen LogP contribution in [-0.2, 0) is 6.42 Å². The van der Waals surface area contributed by atoms with Gasteiger partial charge in [-0.1, -0.05) is 30.3 Å². The zero-order valence-electron chi connectivity index (χ0n) is 17.4. The first-order valence-electron chi connectivity index (χ1n) is 10.1. The second-order valence-electron chi connectivity index (χ2n) is 7.69.